The van der Waals surface area contributed by atoms with Crippen LogP contribution in [-0.4, -0.2) is 44.7 Å². The minimum atomic E-state index is -0.106. The summed E-state index contributed by atoms with van der Waals surface area (Å²) in [5, 5.41) is 4.25. The SMILES string of the molecule is C[C@@H]1C[C@H](C)CN(c2cccc3c(N(C)C)c(C(=O)N[C@H]4CCOc5ccccc54)cnc23)C1. The van der Waals surface area contributed by atoms with Crippen LogP contribution in [0.1, 0.15) is 48.7 Å². The van der Waals surface area contributed by atoms with E-state index in [1.165, 1.54) is 6.42 Å². The van der Waals surface area contributed by atoms with Crippen LogP contribution in [-0.2, 0) is 0 Å². The Hall–Kier alpha value is -3.28. The van der Waals surface area contributed by atoms with Gasteiger partial charge in [0.15, 0.2) is 0 Å². The summed E-state index contributed by atoms with van der Waals surface area (Å²) in [7, 11) is 3.99. The van der Waals surface area contributed by atoms with Gasteiger partial charge in [0, 0.05) is 50.8 Å². The fourth-order valence-electron chi connectivity index (χ4n) is 5.68. The summed E-state index contributed by atoms with van der Waals surface area (Å²) in [6.45, 7) is 7.31. The molecule has 0 bridgehead atoms. The van der Waals surface area contributed by atoms with Gasteiger partial charge in [-0.05, 0) is 30.4 Å². The molecule has 1 N–H and O–H groups in total. The van der Waals surface area contributed by atoms with Crippen LogP contribution >= 0.6 is 0 Å². The van der Waals surface area contributed by atoms with Crippen molar-refractivity contribution in [2.45, 2.75) is 32.7 Å². The lowest BCUT2D eigenvalue weighted by Crippen LogP contribution is -2.38. The highest BCUT2D eigenvalue weighted by Crippen LogP contribution is 2.37. The lowest BCUT2D eigenvalue weighted by Gasteiger charge is -2.37. The number of nitrogens with one attached hydrogen (secondary N) is 1. The van der Waals surface area contributed by atoms with E-state index >= 15 is 0 Å². The molecule has 5 rings (SSSR count). The average Bonchev–Trinajstić information content (AvgIpc) is 2.82. The highest BCUT2D eigenvalue weighted by atomic mass is 16.5. The maximum atomic E-state index is 13.5. The third kappa shape index (κ3) is 4.17. The van der Waals surface area contributed by atoms with Crippen molar-refractivity contribution in [1.82, 2.24) is 10.3 Å². The van der Waals surface area contributed by atoms with Gasteiger partial charge in [0.25, 0.3) is 5.91 Å². The van der Waals surface area contributed by atoms with E-state index in [4.69, 9.17) is 9.72 Å². The fourth-order valence-corrected chi connectivity index (χ4v) is 5.68. The first-order valence-electron chi connectivity index (χ1n) is 12.3. The van der Waals surface area contributed by atoms with Gasteiger partial charge in [-0.1, -0.05) is 44.2 Å². The van der Waals surface area contributed by atoms with Crippen LogP contribution in [0, 0.1) is 11.8 Å². The third-order valence-corrected chi connectivity index (χ3v) is 7.01. The lowest BCUT2D eigenvalue weighted by molar-refractivity contribution is 0.0925. The summed E-state index contributed by atoms with van der Waals surface area (Å²) in [6, 6.07) is 14.2. The Kier molecular flexibility index (Phi) is 6.07. The minimum absolute atomic E-state index is 0.0779. The molecule has 1 fully saturated rings. The molecule has 6 heteroatoms. The minimum Gasteiger partial charge on any atom is -0.493 e. The van der Waals surface area contributed by atoms with E-state index in [0.717, 1.165) is 53.1 Å². The molecule has 0 aliphatic carbocycles. The fraction of sp³-hybridized carbons (Fsp3) is 0.429. The highest BCUT2D eigenvalue weighted by Gasteiger charge is 2.27. The molecule has 3 heterocycles. The van der Waals surface area contributed by atoms with Crippen LogP contribution in [0.3, 0.4) is 0 Å². The van der Waals surface area contributed by atoms with E-state index in [1.54, 1.807) is 6.20 Å². The van der Waals surface area contributed by atoms with Crippen molar-refractivity contribution in [1.29, 1.82) is 0 Å². The second-order valence-electron chi connectivity index (χ2n) is 10.1. The van der Waals surface area contributed by atoms with E-state index in [9.17, 15) is 4.79 Å². The first-order valence-corrected chi connectivity index (χ1v) is 12.3. The molecule has 0 saturated carbocycles. The molecular weight excluding hydrogens is 424 g/mol. The number of hydrogen-bond donors (Lipinski definition) is 1. The molecule has 0 spiro atoms. The van der Waals surface area contributed by atoms with Crippen LogP contribution in [0.2, 0.25) is 0 Å². The summed E-state index contributed by atoms with van der Waals surface area (Å²) < 4.78 is 5.77. The second kappa shape index (κ2) is 9.16. The number of anilines is 2. The van der Waals surface area contributed by atoms with E-state index in [2.05, 4.69) is 42.3 Å². The van der Waals surface area contributed by atoms with Crippen molar-refractivity contribution < 1.29 is 9.53 Å². The topological polar surface area (TPSA) is 57.7 Å². The number of piperidine rings is 1. The monoisotopic (exact) mass is 458 g/mol. The number of rotatable bonds is 4. The molecular formula is C28H34N4O2. The number of amides is 1. The number of fused-ring (bicyclic) bond motifs is 2. The van der Waals surface area contributed by atoms with E-state index in [0.29, 0.717) is 24.0 Å². The zero-order chi connectivity index (χ0) is 23.8. The molecule has 1 aromatic heterocycles. The number of hydrogen-bond acceptors (Lipinski definition) is 5. The normalized spacial score (nSPS) is 22.1. The Balaban J connectivity index is 1.51. The van der Waals surface area contributed by atoms with Gasteiger partial charge in [0.1, 0.15) is 5.75 Å². The van der Waals surface area contributed by atoms with Gasteiger partial charge < -0.3 is 19.9 Å². The van der Waals surface area contributed by atoms with Crippen molar-refractivity contribution in [3.05, 3.63) is 59.8 Å². The van der Waals surface area contributed by atoms with Gasteiger partial charge in [-0.3, -0.25) is 9.78 Å². The van der Waals surface area contributed by atoms with Crippen molar-refractivity contribution in [2.75, 3.05) is 43.6 Å². The van der Waals surface area contributed by atoms with Crippen molar-refractivity contribution in [3.8, 4) is 5.75 Å². The van der Waals surface area contributed by atoms with Crippen LogP contribution in [0.4, 0.5) is 11.4 Å². The van der Waals surface area contributed by atoms with Gasteiger partial charge >= 0.3 is 0 Å². The summed E-state index contributed by atoms with van der Waals surface area (Å²) >= 11 is 0. The molecule has 1 saturated heterocycles. The standard InChI is InChI=1S/C28H34N4O2/c1-18-14-19(2)17-32(16-18)24-10-7-9-21-26(24)29-15-22(27(21)31(3)4)28(33)30-23-12-13-34-25-11-6-5-8-20(23)25/h5-11,15,18-19,23H,12-14,16-17H2,1-4H3,(H,30,33)/t18-,19+,23-/m0/s1. The largest absolute Gasteiger partial charge is 0.493 e. The zero-order valence-electron chi connectivity index (χ0n) is 20.5. The number of carbonyl (C=O) groups excluding carboxylic acids is 1. The van der Waals surface area contributed by atoms with Gasteiger partial charge in [-0.15, -0.1) is 0 Å². The molecule has 0 radical (unpaired) electrons. The molecule has 3 aromatic rings. The maximum Gasteiger partial charge on any atom is 0.255 e. The Labute approximate surface area is 201 Å². The zero-order valence-corrected chi connectivity index (χ0v) is 20.5. The summed E-state index contributed by atoms with van der Waals surface area (Å²) in [4.78, 5) is 22.9. The first kappa shape index (κ1) is 22.5. The second-order valence-corrected chi connectivity index (χ2v) is 10.1. The number of benzene rings is 2. The van der Waals surface area contributed by atoms with Gasteiger partial charge in [0.05, 0.1) is 35.1 Å². The summed E-state index contributed by atoms with van der Waals surface area (Å²) in [5.74, 6) is 2.04. The van der Waals surface area contributed by atoms with Crippen molar-refractivity contribution in [3.63, 3.8) is 0 Å². The molecule has 6 nitrogen and oxygen atoms in total. The average molecular weight is 459 g/mol. The molecule has 34 heavy (non-hydrogen) atoms. The van der Waals surface area contributed by atoms with E-state index < -0.39 is 0 Å². The number of pyridine rings is 1. The van der Waals surface area contributed by atoms with Crippen LogP contribution in [0.15, 0.2) is 48.7 Å². The predicted molar refractivity (Wildman–Crippen MR) is 138 cm³/mol. The Bertz CT molecular complexity index is 1200. The molecule has 2 aliphatic heterocycles. The summed E-state index contributed by atoms with van der Waals surface area (Å²) in [6.07, 6.45) is 3.76. The lowest BCUT2D eigenvalue weighted by atomic mass is 9.91. The smallest absolute Gasteiger partial charge is 0.255 e. The van der Waals surface area contributed by atoms with Crippen LogP contribution in [0.25, 0.3) is 10.9 Å². The Morgan fingerprint density at radius 1 is 1.09 bits per heavy atom. The van der Waals surface area contributed by atoms with Crippen LogP contribution < -0.4 is 19.9 Å². The van der Waals surface area contributed by atoms with Crippen molar-refractivity contribution in [2.24, 2.45) is 11.8 Å². The molecule has 178 valence electrons. The molecule has 2 aliphatic rings. The quantitative estimate of drug-likeness (QED) is 0.594. The van der Waals surface area contributed by atoms with Crippen molar-refractivity contribution >= 4 is 28.2 Å². The Morgan fingerprint density at radius 2 is 1.85 bits per heavy atom. The number of carbonyl (C=O) groups is 1. The molecule has 3 atom stereocenters. The molecule has 1 amide bonds. The molecule has 0 unspecified atom stereocenters. The Morgan fingerprint density at radius 3 is 2.62 bits per heavy atom. The predicted octanol–water partition coefficient (Wildman–Crippen LogP) is 5.04. The van der Waals surface area contributed by atoms with E-state index in [-0.39, 0.29) is 11.9 Å². The van der Waals surface area contributed by atoms with Gasteiger partial charge in [-0.2, -0.15) is 0 Å². The molecule has 2 aromatic carbocycles. The van der Waals surface area contributed by atoms with E-state index in [1.807, 2.05) is 43.3 Å². The maximum absolute atomic E-state index is 13.5. The number of ether oxygens (including phenoxy) is 1. The highest BCUT2D eigenvalue weighted by molar-refractivity contribution is 6.09. The van der Waals surface area contributed by atoms with Crippen LogP contribution in [0.5, 0.6) is 5.75 Å². The van der Waals surface area contributed by atoms with Gasteiger partial charge in [-0.25, -0.2) is 0 Å². The number of nitrogens with zero attached hydrogens (tertiary/aromatic N) is 3. The summed E-state index contributed by atoms with van der Waals surface area (Å²) in [5.41, 5.74) is 4.64. The first-order chi connectivity index (χ1) is 16.4. The number of para-hydroxylation sites is 2. The van der Waals surface area contributed by atoms with Gasteiger partial charge in [0.2, 0.25) is 0 Å². The third-order valence-electron chi connectivity index (χ3n) is 7.01. The number of aromatic nitrogens is 1.